The molecule has 3 rings (SSSR count). The average molecular weight is 372 g/mol. The van der Waals surface area contributed by atoms with Gasteiger partial charge in [-0.25, -0.2) is 4.39 Å². The maximum Gasteiger partial charge on any atom is 0.237 e. The molecule has 2 aromatic carbocycles. The third-order valence-corrected chi connectivity index (χ3v) is 5.45. The Kier molecular flexibility index (Phi) is 5.32. The SMILES string of the molecule is CSc1ccccc1NC(=O)[C@H]1C(=O)N(C)C[C@@H]1c1cc(C)cc(F)c1. The number of carbonyl (C=O) groups is 2. The molecular formula is C20H21FN2O2S. The lowest BCUT2D eigenvalue weighted by atomic mass is 9.87. The first-order valence-electron chi connectivity index (χ1n) is 8.36. The van der Waals surface area contributed by atoms with Gasteiger partial charge in [-0.1, -0.05) is 18.2 Å². The molecule has 0 aliphatic carbocycles. The zero-order chi connectivity index (χ0) is 18.8. The van der Waals surface area contributed by atoms with Crippen molar-refractivity contribution >= 4 is 29.3 Å². The maximum absolute atomic E-state index is 13.8. The van der Waals surface area contributed by atoms with E-state index in [4.69, 9.17) is 0 Å². The van der Waals surface area contributed by atoms with E-state index in [0.29, 0.717) is 17.8 Å². The topological polar surface area (TPSA) is 49.4 Å². The number of amides is 2. The minimum Gasteiger partial charge on any atom is -0.344 e. The molecule has 2 aromatic rings. The first-order chi connectivity index (χ1) is 12.4. The molecular weight excluding hydrogens is 351 g/mol. The normalized spacial score (nSPS) is 19.7. The highest BCUT2D eigenvalue weighted by Gasteiger charge is 2.44. The molecule has 1 heterocycles. The van der Waals surface area contributed by atoms with Gasteiger partial charge in [0.15, 0.2) is 0 Å². The number of nitrogens with one attached hydrogen (secondary N) is 1. The first-order valence-corrected chi connectivity index (χ1v) is 9.59. The van der Waals surface area contributed by atoms with E-state index < -0.39 is 5.92 Å². The average Bonchev–Trinajstić information content (AvgIpc) is 2.90. The smallest absolute Gasteiger partial charge is 0.237 e. The quantitative estimate of drug-likeness (QED) is 0.658. The molecule has 0 radical (unpaired) electrons. The van der Waals surface area contributed by atoms with Gasteiger partial charge < -0.3 is 10.2 Å². The van der Waals surface area contributed by atoms with E-state index in [1.54, 1.807) is 14.0 Å². The van der Waals surface area contributed by atoms with Crippen molar-refractivity contribution in [2.75, 3.05) is 25.2 Å². The zero-order valence-corrected chi connectivity index (χ0v) is 15.8. The van der Waals surface area contributed by atoms with Crippen LogP contribution in [-0.4, -0.2) is 36.6 Å². The summed E-state index contributed by atoms with van der Waals surface area (Å²) in [5, 5.41) is 2.88. The summed E-state index contributed by atoms with van der Waals surface area (Å²) in [5.41, 5.74) is 2.13. The second-order valence-electron chi connectivity index (χ2n) is 6.55. The van der Waals surface area contributed by atoms with Crippen molar-refractivity contribution in [2.24, 2.45) is 5.92 Å². The first kappa shape index (κ1) is 18.5. The van der Waals surface area contributed by atoms with Crippen LogP contribution in [-0.2, 0) is 9.59 Å². The van der Waals surface area contributed by atoms with Gasteiger partial charge in [0.2, 0.25) is 11.8 Å². The molecule has 0 aromatic heterocycles. The van der Waals surface area contributed by atoms with Gasteiger partial charge in [-0.15, -0.1) is 11.8 Å². The molecule has 1 N–H and O–H groups in total. The summed E-state index contributed by atoms with van der Waals surface area (Å²) in [6.07, 6.45) is 1.93. The van der Waals surface area contributed by atoms with Gasteiger partial charge >= 0.3 is 0 Å². The Balaban J connectivity index is 1.92. The van der Waals surface area contributed by atoms with Crippen molar-refractivity contribution in [2.45, 2.75) is 17.7 Å². The van der Waals surface area contributed by atoms with Crippen molar-refractivity contribution in [3.63, 3.8) is 0 Å². The summed E-state index contributed by atoms with van der Waals surface area (Å²) in [6.45, 7) is 2.20. The second kappa shape index (κ2) is 7.50. The molecule has 4 nitrogen and oxygen atoms in total. The maximum atomic E-state index is 13.8. The van der Waals surface area contributed by atoms with Crippen molar-refractivity contribution in [1.29, 1.82) is 0 Å². The highest BCUT2D eigenvalue weighted by molar-refractivity contribution is 7.98. The van der Waals surface area contributed by atoms with Crippen molar-refractivity contribution < 1.29 is 14.0 Å². The van der Waals surface area contributed by atoms with E-state index in [9.17, 15) is 14.0 Å². The van der Waals surface area contributed by atoms with Crippen LogP contribution in [0.3, 0.4) is 0 Å². The third kappa shape index (κ3) is 3.60. The zero-order valence-electron chi connectivity index (χ0n) is 15.0. The van der Waals surface area contributed by atoms with Crippen LogP contribution in [0.25, 0.3) is 0 Å². The molecule has 1 aliphatic rings. The van der Waals surface area contributed by atoms with Gasteiger partial charge in [0.1, 0.15) is 11.7 Å². The van der Waals surface area contributed by atoms with Crippen LogP contribution >= 0.6 is 11.8 Å². The number of hydrogen-bond donors (Lipinski definition) is 1. The summed E-state index contributed by atoms with van der Waals surface area (Å²) < 4.78 is 13.8. The fourth-order valence-corrected chi connectivity index (χ4v) is 3.98. The molecule has 1 saturated heterocycles. The van der Waals surface area contributed by atoms with E-state index >= 15 is 0 Å². The molecule has 0 bridgehead atoms. The Morgan fingerprint density at radius 3 is 2.69 bits per heavy atom. The highest BCUT2D eigenvalue weighted by atomic mass is 32.2. The molecule has 2 amide bonds. The van der Waals surface area contributed by atoms with Crippen molar-refractivity contribution in [3.05, 3.63) is 59.4 Å². The van der Waals surface area contributed by atoms with Crippen LogP contribution in [0.2, 0.25) is 0 Å². The van der Waals surface area contributed by atoms with E-state index in [0.717, 1.165) is 10.5 Å². The second-order valence-corrected chi connectivity index (χ2v) is 7.40. The van der Waals surface area contributed by atoms with E-state index in [1.165, 1.54) is 28.8 Å². The number of halogens is 1. The standard InChI is InChI=1S/C20H21FN2O2S/c1-12-8-13(10-14(21)9-12)15-11-23(2)20(25)18(15)19(24)22-16-6-4-5-7-17(16)26-3/h4-10,15,18H,11H2,1-3H3,(H,22,24)/t15-,18+/m1/s1. The van der Waals surface area contributed by atoms with Crippen LogP contribution in [0.1, 0.15) is 17.0 Å². The number of para-hydroxylation sites is 1. The van der Waals surface area contributed by atoms with Gasteiger partial charge in [-0.2, -0.15) is 0 Å². The number of thioether (sulfide) groups is 1. The lowest BCUT2D eigenvalue weighted by molar-refractivity contribution is -0.135. The summed E-state index contributed by atoms with van der Waals surface area (Å²) in [6, 6.07) is 12.2. The number of likely N-dealkylation sites (N-methyl/N-ethyl adjacent to an activating group) is 1. The molecule has 0 unspecified atom stereocenters. The largest absolute Gasteiger partial charge is 0.344 e. The predicted octanol–water partition coefficient (Wildman–Crippen LogP) is 3.67. The minimum absolute atomic E-state index is 0.240. The van der Waals surface area contributed by atoms with Crippen LogP contribution in [0, 0.1) is 18.7 Å². The molecule has 0 spiro atoms. The molecule has 1 aliphatic heterocycles. The summed E-state index contributed by atoms with van der Waals surface area (Å²) >= 11 is 1.52. The summed E-state index contributed by atoms with van der Waals surface area (Å²) in [7, 11) is 1.67. The van der Waals surface area contributed by atoms with Crippen LogP contribution in [0.4, 0.5) is 10.1 Å². The summed E-state index contributed by atoms with van der Waals surface area (Å²) in [5.74, 6) is -2.18. The molecule has 26 heavy (non-hydrogen) atoms. The fraction of sp³-hybridized carbons (Fsp3) is 0.300. The lowest BCUT2D eigenvalue weighted by Gasteiger charge is -2.18. The molecule has 6 heteroatoms. The summed E-state index contributed by atoms with van der Waals surface area (Å²) in [4.78, 5) is 28.0. The van der Waals surface area contributed by atoms with Gasteiger partial charge in [0, 0.05) is 24.4 Å². The number of rotatable bonds is 4. The Morgan fingerprint density at radius 2 is 2.00 bits per heavy atom. The Hall–Kier alpha value is -2.34. The Labute approximate surface area is 156 Å². The van der Waals surface area contributed by atoms with Crippen molar-refractivity contribution in [3.8, 4) is 0 Å². The lowest BCUT2D eigenvalue weighted by Crippen LogP contribution is -2.32. The van der Waals surface area contributed by atoms with Gasteiger partial charge in [-0.3, -0.25) is 9.59 Å². The van der Waals surface area contributed by atoms with Gasteiger partial charge in [0.25, 0.3) is 0 Å². The molecule has 2 atom stereocenters. The molecule has 0 saturated carbocycles. The number of aryl methyl sites for hydroxylation is 1. The van der Waals surface area contributed by atoms with E-state index in [2.05, 4.69) is 5.32 Å². The monoisotopic (exact) mass is 372 g/mol. The van der Waals surface area contributed by atoms with E-state index in [-0.39, 0.29) is 23.5 Å². The van der Waals surface area contributed by atoms with Gasteiger partial charge in [0.05, 0.1) is 5.69 Å². The number of likely N-dealkylation sites (tertiary alicyclic amines) is 1. The van der Waals surface area contributed by atoms with Crippen LogP contribution < -0.4 is 5.32 Å². The molecule has 136 valence electrons. The highest BCUT2D eigenvalue weighted by Crippen LogP contribution is 2.35. The number of hydrogen-bond acceptors (Lipinski definition) is 3. The fourth-order valence-electron chi connectivity index (χ4n) is 3.43. The molecule has 1 fully saturated rings. The number of benzene rings is 2. The predicted molar refractivity (Wildman–Crippen MR) is 102 cm³/mol. The Morgan fingerprint density at radius 1 is 1.27 bits per heavy atom. The van der Waals surface area contributed by atoms with Gasteiger partial charge in [-0.05, 0) is 48.6 Å². The van der Waals surface area contributed by atoms with E-state index in [1.807, 2.05) is 36.6 Å². The number of anilines is 1. The van der Waals surface area contributed by atoms with Crippen molar-refractivity contribution in [1.82, 2.24) is 4.90 Å². The Bertz CT molecular complexity index is 835. The number of nitrogens with zero attached hydrogens (tertiary/aromatic N) is 1. The number of carbonyl (C=O) groups excluding carboxylic acids is 2. The van der Waals surface area contributed by atoms with Crippen LogP contribution in [0.15, 0.2) is 47.4 Å². The minimum atomic E-state index is -0.865. The van der Waals surface area contributed by atoms with Crippen LogP contribution in [0.5, 0.6) is 0 Å². The third-order valence-electron chi connectivity index (χ3n) is 4.66.